The number of fused-ring (bicyclic) bond motifs is 3. The van der Waals surface area contributed by atoms with Gasteiger partial charge in [-0.05, 0) is 66.1 Å². The predicted octanol–water partition coefficient (Wildman–Crippen LogP) is 3.93. The quantitative estimate of drug-likeness (QED) is 0.522. The Balaban J connectivity index is 1.54. The number of aliphatic imine (C=N–C) groups is 1. The Kier molecular flexibility index (Phi) is 6.29. The largest absolute Gasteiger partial charge is 0.318 e. The van der Waals surface area contributed by atoms with Crippen LogP contribution in [-0.2, 0) is 31.3 Å². The summed E-state index contributed by atoms with van der Waals surface area (Å²) in [5.41, 5.74) is 6.12. The lowest BCUT2D eigenvalue weighted by Gasteiger charge is -2.18. The number of rotatable bonds is 7. The van der Waals surface area contributed by atoms with Gasteiger partial charge in [0, 0.05) is 49.1 Å². The normalized spacial score (nSPS) is 15.9. The lowest BCUT2D eigenvalue weighted by atomic mass is 9.91. The molecule has 6 nitrogen and oxygen atoms in total. The van der Waals surface area contributed by atoms with Crippen LogP contribution in [0.25, 0.3) is 11.1 Å². The molecule has 34 heavy (non-hydrogen) atoms. The zero-order chi connectivity index (χ0) is 23.8. The second kappa shape index (κ2) is 9.37. The third kappa shape index (κ3) is 4.80. The van der Waals surface area contributed by atoms with Crippen LogP contribution in [0.15, 0.2) is 64.5 Å². The fraction of sp³-hybridized carbons (Fsp3) is 0.308. The maximum atomic E-state index is 13.6. The van der Waals surface area contributed by atoms with E-state index < -0.39 is 11.3 Å². The number of pyridine rings is 1. The highest BCUT2D eigenvalue weighted by Gasteiger charge is 2.26. The molecule has 0 spiro atoms. The molecule has 1 aromatic heterocycles. The molecule has 0 amide bonds. The molecule has 1 unspecified atom stereocenters. The molecule has 1 saturated carbocycles. The van der Waals surface area contributed by atoms with E-state index in [0.717, 1.165) is 51.9 Å². The molecule has 5 rings (SSSR count). The van der Waals surface area contributed by atoms with Gasteiger partial charge in [0.15, 0.2) is 0 Å². The molecule has 3 aromatic rings. The number of aryl methyl sites for hydroxylation is 1. The Bertz CT molecular complexity index is 1350. The summed E-state index contributed by atoms with van der Waals surface area (Å²) in [6, 6.07) is 14.0. The lowest BCUT2D eigenvalue weighted by molar-refractivity contribution is 0.386. The predicted molar refractivity (Wildman–Crippen MR) is 132 cm³/mol. The molecule has 2 aliphatic rings. The summed E-state index contributed by atoms with van der Waals surface area (Å²) in [7, 11) is 1.73. The van der Waals surface area contributed by atoms with Gasteiger partial charge < -0.3 is 4.57 Å². The molecule has 8 heteroatoms. The summed E-state index contributed by atoms with van der Waals surface area (Å²) in [5, 5.41) is 0. The van der Waals surface area contributed by atoms with Crippen LogP contribution in [0.3, 0.4) is 0 Å². The van der Waals surface area contributed by atoms with Crippen LogP contribution in [0.1, 0.15) is 35.1 Å². The molecule has 1 N–H and O–H groups in total. The van der Waals surface area contributed by atoms with Crippen LogP contribution < -0.4 is 5.56 Å². The Hall–Kier alpha value is -2.94. The van der Waals surface area contributed by atoms with E-state index in [0.29, 0.717) is 32.0 Å². The summed E-state index contributed by atoms with van der Waals surface area (Å²) >= 11 is -1.99. The third-order valence-electron chi connectivity index (χ3n) is 6.50. The van der Waals surface area contributed by atoms with E-state index in [-0.39, 0.29) is 11.4 Å². The number of hydrogen-bond acceptors (Lipinski definition) is 3. The smallest absolute Gasteiger partial charge is 0.250 e. The summed E-state index contributed by atoms with van der Waals surface area (Å²) in [4.78, 5) is 17.1. The number of aromatic nitrogens is 1. The zero-order valence-corrected chi connectivity index (χ0v) is 19.7. The van der Waals surface area contributed by atoms with Crippen molar-refractivity contribution in [2.24, 2.45) is 18.0 Å². The molecule has 0 saturated heterocycles. The van der Waals surface area contributed by atoms with Gasteiger partial charge in [-0.1, -0.05) is 18.2 Å². The SMILES string of the molecule is Cn1cc2c(cc1=O)CN=C(c1ccc(F)cc1)c1ccc(CCN(CC3CC3)S(=O)O)cc1-2. The minimum absolute atomic E-state index is 0.0990. The van der Waals surface area contributed by atoms with Gasteiger partial charge in [0.1, 0.15) is 5.82 Å². The number of halogens is 1. The van der Waals surface area contributed by atoms with Crippen molar-refractivity contribution in [3.63, 3.8) is 0 Å². The van der Waals surface area contributed by atoms with Crippen molar-refractivity contribution in [2.45, 2.75) is 25.8 Å². The van der Waals surface area contributed by atoms with Crippen LogP contribution in [0, 0.1) is 11.7 Å². The van der Waals surface area contributed by atoms with E-state index in [9.17, 15) is 17.9 Å². The molecule has 1 aliphatic heterocycles. The van der Waals surface area contributed by atoms with Gasteiger partial charge in [-0.3, -0.25) is 14.3 Å². The van der Waals surface area contributed by atoms with Crippen molar-refractivity contribution < 1.29 is 13.2 Å². The van der Waals surface area contributed by atoms with Gasteiger partial charge in [0.2, 0.25) is 11.3 Å². The molecule has 2 aromatic carbocycles. The lowest BCUT2D eigenvalue weighted by Crippen LogP contribution is -2.30. The molecular weight excluding hydrogens is 453 g/mol. The topological polar surface area (TPSA) is 74.9 Å². The standard InChI is InChI=1S/C26H26FN3O3S/c1-29-16-24-20(13-25(29)31)14-28-26(19-5-7-21(27)8-6-19)22-9-4-17(12-23(22)24)10-11-30(34(32)33)15-18-2-3-18/h4-9,12-13,16,18H,2-3,10-11,14-15H2,1H3,(H,32,33). The highest BCUT2D eigenvalue weighted by atomic mass is 32.2. The van der Waals surface area contributed by atoms with Crippen LogP contribution in [0.5, 0.6) is 0 Å². The Morgan fingerprint density at radius 2 is 1.88 bits per heavy atom. The van der Waals surface area contributed by atoms with E-state index in [1.165, 1.54) is 12.1 Å². The van der Waals surface area contributed by atoms with E-state index >= 15 is 0 Å². The molecular formula is C26H26FN3O3S. The molecule has 1 fully saturated rings. The van der Waals surface area contributed by atoms with Gasteiger partial charge in [0.25, 0.3) is 5.56 Å². The highest BCUT2D eigenvalue weighted by Crippen LogP contribution is 2.33. The van der Waals surface area contributed by atoms with Crippen LogP contribution in [-0.4, -0.2) is 36.4 Å². The minimum Gasteiger partial charge on any atom is -0.318 e. The van der Waals surface area contributed by atoms with Gasteiger partial charge in [0.05, 0.1) is 12.3 Å². The number of hydrogen-bond donors (Lipinski definition) is 1. The Labute approximate surface area is 200 Å². The maximum Gasteiger partial charge on any atom is 0.250 e. The first-order valence-electron chi connectivity index (χ1n) is 11.4. The molecule has 0 radical (unpaired) electrons. The summed E-state index contributed by atoms with van der Waals surface area (Å²) in [6.45, 7) is 1.47. The van der Waals surface area contributed by atoms with Gasteiger partial charge in [-0.25, -0.2) is 12.9 Å². The molecule has 1 aliphatic carbocycles. The van der Waals surface area contributed by atoms with Crippen molar-refractivity contribution >= 4 is 17.0 Å². The van der Waals surface area contributed by atoms with Crippen LogP contribution in [0.4, 0.5) is 4.39 Å². The monoisotopic (exact) mass is 479 g/mol. The van der Waals surface area contributed by atoms with Gasteiger partial charge >= 0.3 is 0 Å². The summed E-state index contributed by atoms with van der Waals surface area (Å²) < 4.78 is 38.2. The molecule has 2 heterocycles. The molecule has 176 valence electrons. The Morgan fingerprint density at radius 1 is 1.12 bits per heavy atom. The van der Waals surface area contributed by atoms with Crippen molar-refractivity contribution in [1.82, 2.24) is 8.87 Å². The fourth-order valence-electron chi connectivity index (χ4n) is 4.40. The zero-order valence-electron chi connectivity index (χ0n) is 18.9. The summed E-state index contributed by atoms with van der Waals surface area (Å²) in [5.74, 6) is 0.211. The number of nitrogens with zero attached hydrogens (tertiary/aromatic N) is 3. The highest BCUT2D eigenvalue weighted by molar-refractivity contribution is 7.76. The summed E-state index contributed by atoms with van der Waals surface area (Å²) in [6.07, 6.45) is 4.70. The molecule has 0 bridgehead atoms. The van der Waals surface area contributed by atoms with Crippen molar-refractivity contribution in [2.75, 3.05) is 13.1 Å². The van der Waals surface area contributed by atoms with Gasteiger partial charge in [-0.15, -0.1) is 0 Å². The number of benzene rings is 2. The first-order chi connectivity index (χ1) is 16.4. The van der Waals surface area contributed by atoms with Crippen molar-refractivity contribution in [3.8, 4) is 11.1 Å². The average molecular weight is 480 g/mol. The van der Waals surface area contributed by atoms with E-state index in [1.807, 2.05) is 18.3 Å². The average Bonchev–Trinajstić information content (AvgIpc) is 3.65. The van der Waals surface area contributed by atoms with E-state index in [1.54, 1.807) is 34.1 Å². The van der Waals surface area contributed by atoms with Gasteiger partial charge in [-0.2, -0.15) is 0 Å². The van der Waals surface area contributed by atoms with Crippen molar-refractivity contribution in [3.05, 3.63) is 93.2 Å². The minimum atomic E-state index is -1.99. The van der Waals surface area contributed by atoms with E-state index in [2.05, 4.69) is 6.07 Å². The fourth-order valence-corrected chi connectivity index (χ4v) is 4.98. The maximum absolute atomic E-state index is 13.6. The van der Waals surface area contributed by atoms with Crippen molar-refractivity contribution in [1.29, 1.82) is 0 Å². The molecule has 1 atom stereocenters. The first kappa shape index (κ1) is 22.8. The first-order valence-corrected chi connectivity index (χ1v) is 12.4. The van der Waals surface area contributed by atoms with Crippen LogP contribution in [0.2, 0.25) is 0 Å². The van der Waals surface area contributed by atoms with Crippen LogP contribution >= 0.6 is 0 Å². The van der Waals surface area contributed by atoms with E-state index in [4.69, 9.17) is 4.99 Å². The third-order valence-corrected chi connectivity index (χ3v) is 7.27. The second-order valence-corrected chi connectivity index (χ2v) is 10.0. The second-order valence-electron chi connectivity index (χ2n) is 9.03. The Morgan fingerprint density at radius 3 is 2.59 bits per heavy atom.